The molecule has 12 aromatic rings. The fourth-order valence-electron chi connectivity index (χ4n) is 8.22. The zero-order chi connectivity index (χ0) is 36.0. The Kier molecular flexibility index (Phi) is 6.24. The molecule has 0 aliphatic rings. The van der Waals surface area contributed by atoms with E-state index in [1.54, 1.807) is 0 Å². The van der Waals surface area contributed by atoms with Crippen LogP contribution in [-0.2, 0) is 0 Å². The molecule has 4 heterocycles. The quantitative estimate of drug-likeness (QED) is 0.181. The third kappa shape index (κ3) is 4.52. The maximum atomic E-state index is 6.75. The molecule has 4 aromatic heterocycles. The molecule has 0 aliphatic carbocycles. The van der Waals surface area contributed by atoms with Crippen LogP contribution < -0.4 is 0 Å². The average molecular weight is 706 g/mol. The van der Waals surface area contributed by atoms with Crippen LogP contribution in [0, 0.1) is 0 Å². The van der Waals surface area contributed by atoms with E-state index in [0.29, 0.717) is 17.5 Å². The highest BCUT2D eigenvalue weighted by molar-refractivity contribution is 6.23. The van der Waals surface area contributed by atoms with E-state index >= 15 is 0 Å². The Bertz CT molecular complexity index is 3500. The molecular weight excluding hydrogens is 679 g/mol. The van der Waals surface area contributed by atoms with Gasteiger partial charge in [-0.25, -0.2) is 15.0 Å². The van der Waals surface area contributed by atoms with Crippen LogP contribution in [0.1, 0.15) is 0 Å². The van der Waals surface area contributed by atoms with Gasteiger partial charge in [-0.1, -0.05) is 127 Å². The van der Waals surface area contributed by atoms with Gasteiger partial charge < -0.3 is 13.3 Å². The van der Waals surface area contributed by atoms with Crippen molar-refractivity contribution >= 4 is 76.6 Å². The molecule has 0 N–H and O–H groups in total. The van der Waals surface area contributed by atoms with Gasteiger partial charge in [-0.15, -0.1) is 0 Å². The van der Waals surface area contributed by atoms with Crippen molar-refractivity contribution in [3.05, 3.63) is 164 Å². The lowest BCUT2D eigenvalue weighted by molar-refractivity contribution is 0.669. The highest BCUT2D eigenvalue weighted by atomic mass is 16.3. The molecule has 6 heteroatoms. The third-order valence-electron chi connectivity index (χ3n) is 10.7. The summed E-state index contributed by atoms with van der Waals surface area (Å²) in [5.74, 6) is 1.69. The lowest BCUT2D eigenvalue weighted by Gasteiger charge is -2.10. The van der Waals surface area contributed by atoms with Crippen LogP contribution in [0.25, 0.3) is 122 Å². The SMILES string of the molecule is c1ccc(-c2nc(-c3ccc4c(c3)oc3ccccc34)nc(-c3cccc4oc5c6ccccc6c(-c6cccc7c6oc6ccccc67)cc5c34)n2)cc1. The second kappa shape index (κ2) is 11.5. The second-order valence-electron chi connectivity index (χ2n) is 13.9. The van der Waals surface area contributed by atoms with E-state index in [2.05, 4.69) is 84.9 Å². The smallest absolute Gasteiger partial charge is 0.164 e. The van der Waals surface area contributed by atoms with Gasteiger partial charge >= 0.3 is 0 Å². The van der Waals surface area contributed by atoms with Crippen molar-refractivity contribution in [1.82, 2.24) is 15.0 Å². The molecule has 55 heavy (non-hydrogen) atoms. The molecule has 0 spiro atoms. The Labute approximate surface area is 312 Å². The topological polar surface area (TPSA) is 78.1 Å². The lowest BCUT2D eigenvalue weighted by Crippen LogP contribution is -2.00. The summed E-state index contributed by atoms with van der Waals surface area (Å²) >= 11 is 0. The standard InChI is InChI=1S/C49H27N3O3/c1-2-12-28(13-3-1)47-50-48(29-24-25-33-31-15-6-8-21-40(31)53-43(33)26-29)52-49(51-47)37-20-11-23-42-44(37)39-27-38(30-14-4-5-17-34(30)46(39)55-42)36-19-10-18-35-32-16-7-9-22-41(32)54-45(35)36/h1-27H. The Balaban J connectivity index is 1.12. The molecule has 0 amide bonds. The van der Waals surface area contributed by atoms with Crippen molar-refractivity contribution in [2.24, 2.45) is 0 Å². The van der Waals surface area contributed by atoms with Crippen molar-refractivity contribution in [2.45, 2.75) is 0 Å². The van der Waals surface area contributed by atoms with Crippen LogP contribution in [0.2, 0.25) is 0 Å². The van der Waals surface area contributed by atoms with Gasteiger partial charge in [0, 0.05) is 60.0 Å². The monoisotopic (exact) mass is 705 g/mol. The predicted octanol–water partition coefficient (Wildman–Crippen LogP) is 13.4. The zero-order valence-electron chi connectivity index (χ0n) is 29.2. The van der Waals surface area contributed by atoms with E-state index in [0.717, 1.165) is 104 Å². The van der Waals surface area contributed by atoms with E-state index in [-0.39, 0.29) is 0 Å². The Morgan fingerprint density at radius 1 is 0.291 bits per heavy atom. The van der Waals surface area contributed by atoms with Crippen LogP contribution in [0.3, 0.4) is 0 Å². The highest BCUT2D eigenvalue weighted by Crippen LogP contribution is 2.45. The summed E-state index contributed by atoms with van der Waals surface area (Å²) in [6, 6.07) is 55.6. The highest BCUT2D eigenvalue weighted by Gasteiger charge is 2.22. The number of furan rings is 3. The van der Waals surface area contributed by atoms with Crippen molar-refractivity contribution < 1.29 is 13.3 Å². The summed E-state index contributed by atoms with van der Waals surface area (Å²) < 4.78 is 19.6. The Morgan fingerprint density at radius 3 is 1.69 bits per heavy atom. The lowest BCUT2D eigenvalue weighted by atomic mass is 9.93. The van der Waals surface area contributed by atoms with E-state index in [4.69, 9.17) is 28.2 Å². The number of fused-ring (bicyclic) bond motifs is 11. The number of benzene rings is 8. The number of nitrogens with zero attached hydrogens (tertiary/aromatic N) is 3. The molecule has 0 saturated carbocycles. The van der Waals surface area contributed by atoms with Gasteiger partial charge in [0.1, 0.15) is 33.5 Å². The molecule has 0 saturated heterocycles. The molecule has 8 aromatic carbocycles. The minimum atomic E-state index is 0.552. The van der Waals surface area contributed by atoms with Crippen LogP contribution in [0.5, 0.6) is 0 Å². The number of hydrogen-bond acceptors (Lipinski definition) is 6. The summed E-state index contributed by atoms with van der Waals surface area (Å²) in [6.07, 6.45) is 0. The molecule has 0 atom stereocenters. The first-order chi connectivity index (χ1) is 27.2. The Morgan fingerprint density at radius 2 is 0.855 bits per heavy atom. The fraction of sp³-hybridized carbons (Fsp3) is 0. The van der Waals surface area contributed by atoms with Gasteiger partial charge in [0.25, 0.3) is 0 Å². The first kappa shape index (κ1) is 29.9. The van der Waals surface area contributed by atoms with Crippen LogP contribution in [0.15, 0.2) is 177 Å². The summed E-state index contributed by atoms with van der Waals surface area (Å²) in [4.78, 5) is 15.4. The molecule has 0 bridgehead atoms. The van der Waals surface area contributed by atoms with Gasteiger partial charge in [0.2, 0.25) is 0 Å². The molecule has 0 aliphatic heterocycles. The van der Waals surface area contributed by atoms with Crippen LogP contribution >= 0.6 is 0 Å². The van der Waals surface area contributed by atoms with Gasteiger partial charge in [-0.2, -0.15) is 0 Å². The first-order valence-electron chi connectivity index (χ1n) is 18.3. The van der Waals surface area contributed by atoms with Gasteiger partial charge in [0.15, 0.2) is 17.5 Å². The van der Waals surface area contributed by atoms with Crippen molar-refractivity contribution in [2.75, 3.05) is 0 Å². The molecule has 6 nitrogen and oxygen atoms in total. The number of para-hydroxylation sites is 3. The van der Waals surface area contributed by atoms with Gasteiger partial charge in [-0.05, 0) is 47.3 Å². The van der Waals surface area contributed by atoms with E-state index in [9.17, 15) is 0 Å². The van der Waals surface area contributed by atoms with E-state index in [1.165, 1.54) is 0 Å². The summed E-state index contributed by atoms with van der Waals surface area (Å²) in [7, 11) is 0. The van der Waals surface area contributed by atoms with Crippen molar-refractivity contribution in [3.8, 4) is 45.3 Å². The minimum absolute atomic E-state index is 0.552. The number of rotatable bonds is 4. The zero-order valence-corrected chi connectivity index (χ0v) is 29.2. The normalized spacial score (nSPS) is 12.0. The fourth-order valence-corrected chi connectivity index (χ4v) is 8.22. The maximum Gasteiger partial charge on any atom is 0.164 e. The van der Waals surface area contributed by atoms with E-state index < -0.39 is 0 Å². The maximum absolute atomic E-state index is 6.75. The van der Waals surface area contributed by atoms with Crippen LogP contribution in [-0.4, -0.2) is 15.0 Å². The van der Waals surface area contributed by atoms with Crippen LogP contribution in [0.4, 0.5) is 0 Å². The van der Waals surface area contributed by atoms with Gasteiger partial charge in [0.05, 0.1) is 0 Å². The summed E-state index contributed by atoms with van der Waals surface area (Å²) in [5.41, 5.74) is 9.58. The number of aromatic nitrogens is 3. The third-order valence-corrected chi connectivity index (χ3v) is 10.7. The number of hydrogen-bond donors (Lipinski definition) is 0. The Hall–Kier alpha value is -7.57. The van der Waals surface area contributed by atoms with Crippen molar-refractivity contribution in [1.29, 1.82) is 0 Å². The molecule has 12 rings (SSSR count). The van der Waals surface area contributed by atoms with Gasteiger partial charge in [-0.3, -0.25) is 0 Å². The van der Waals surface area contributed by atoms with Crippen molar-refractivity contribution in [3.63, 3.8) is 0 Å². The molecular formula is C49H27N3O3. The molecule has 0 radical (unpaired) electrons. The predicted molar refractivity (Wildman–Crippen MR) is 221 cm³/mol. The van der Waals surface area contributed by atoms with E-state index in [1.807, 2.05) is 78.9 Å². The average Bonchev–Trinajstić information content (AvgIpc) is 3.95. The summed E-state index contributed by atoms with van der Waals surface area (Å²) in [6.45, 7) is 0. The molecule has 256 valence electrons. The minimum Gasteiger partial charge on any atom is -0.456 e. The summed E-state index contributed by atoms with van der Waals surface area (Å²) in [5, 5.41) is 8.32. The first-order valence-corrected chi connectivity index (χ1v) is 18.3. The molecule has 0 unspecified atom stereocenters. The molecule has 0 fully saturated rings. The largest absolute Gasteiger partial charge is 0.456 e. The second-order valence-corrected chi connectivity index (χ2v) is 13.9.